The third kappa shape index (κ3) is 4.54. The van der Waals surface area contributed by atoms with Gasteiger partial charge in [0.25, 0.3) is 0 Å². The standard InChI is InChI=1S/C20H28BrN5/c1-13(2)17-11-19(25-20(24-17)23-14(3)4)26-10-9-22-18(12-26)15-7-5-6-8-16(15)21/h5-8,11,13-14,18,22H,9-10,12H2,1-4H3,(H,23,24,25)/t18-/m0/s1. The average Bonchev–Trinajstić information content (AvgIpc) is 2.61. The van der Waals surface area contributed by atoms with E-state index in [0.29, 0.717) is 12.0 Å². The first-order valence-corrected chi connectivity index (χ1v) is 10.1. The lowest BCUT2D eigenvalue weighted by molar-refractivity contribution is 0.468. The Morgan fingerprint density at radius 3 is 2.65 bits per heavy atom. The summed E-state index contributed by atoms with van der Waals surface area (Å²) < 4.78 is 1.15. The van der Waals surface area contributed by atoms with E-state index in [-0.39, 0.29) is 6.04 Å². The molecule has 0 spiro atoms. The van der Waals surface area contributed by atoms with Crippen LogP contribution < -0.4 is 15.5 Å². The zero-order valence-electron chi connectivity index (χ0n) is 16.0. The summed E-state index contributed by atoms with van der Waals surface area (Å²) in [5.41, 5.74) is 2.37. The zero-order valence-corrected chi connectivity index (χ0v) is 17.5. The molecule has 1 saturated heterocycles. The molecule has 1 aliphatic rings. The average molecular weight is 418 g/mol. The first-order valence-electron chi connectivity index (χ1n) is 9.32. The van der Waals surface area contributed by atoms with Gasteiger partial charge in [0.05, 0.1) is 11.7 Å². The van der Waals surface area contributed by atoms with Crippen LogP contribution in [0.15, 0.2) is 34.8 Å². The summed E-state index contributed by atoms with van der Waals surface area (Å²) in [6.45, 7) is 11.3. The van der Waals surface area contributed by atoms with E-state index >= 15 is 0 Å². The maximum absolute atomic E-state index is 4.79. The second kappa shape index (κ2) is 8.35. The monoisotopic (exact) mass is 417 g/mol. The summed E-state index contributed by atoms with van der Waals surface area (Å²) in [6, 6.07) is 11.1. The molecule has 0 bridgehead atoms. The molecular formula is C20H28BrN5. The number of benzene rings is 1. The largest absolute Gasteiger partial charge is 0.353 e. The lowest BCUT2D eigenvalue weighted by Crippen LogP contribution is -2.46. The summed E-state index contributed by atoms with van der Waals surface area (Å²) in [6.07, 6.45) is 0. The minimum Gasteiger partial charge on any atom is -0.353 e. The van der Waals surface area contributed by atoms with E-state index in [4.69, 9.17) is 4.98 Å². The lowest BCUT2D eigenvalue weighted by atomic mass is 10.0. The Bertz CT molecular complexity index is 747. The molecule has 1 aromatic carbocycles. The van der Waals surface area contributed by atoms with Crippen molar-refractivity contribution >= 4 is 27.7 Å². The van der Waals surface area contributed by atoms with Crippen LogP contribution in [0, 0.1) is 0 Å². The van der Waals surface area contributed by atoms with Gasteiger partial charge in [-0.15, -0.1) is 0 Å². The molecule has 2 N–H and O–H groups in total. The second-order valence-electron chi connectivity index (χ2n) is 7.40. The topological polar surface area (TPSA) is 53.1 Å². The van der Waals surface area contributed by atoms with Crippen LogP contribution in [0.5, 0.6) is 0 Å². The van der Waals surface area contributed by atoms with Gasteiger partial charge in [0, 0.05) is 36.2 Å². The van der Waals surface area contributed by atoms with Crippen LogP contribution in [-0.2, 0) is 0 Å². The van der Waals surface area contributed by atoms with E-state index in [2.05, 4.69) is 94.5 Å². The van der Waals surface area contributed by atoms with Crippen LogP contribution >= 0.6 is 15.9 Å². The fourth-order valence-corrected chi connectivity index (χ4v) is 3.72. The van der Waals surface area contributed by atoms with Crippen LogP contribution in [0.2, 0.25) is 0 Å². The number of halogens is 1. The predicted molar refractivity (Wildman–Crippen MR) is 112 cm³/mol. The quantitative estimate of drug-likeness (QED) is 0.757. The first kappa shape index (κ1) is 19.1. The molecule has 0 aliphatic carbocycles. The van der Waals surface area contributed by atoms with E-state index in [0.717, 1.165) is 41.6 Å². The molecule has 26 heavy (non-hydrogen) atoms. The minimum absolute atomic E-state index is 0.276. The molecule has 3 rings (SSSR count). The van der Waals surface area contributed by atoms with Gasteiger partial charge in [-0.2, -0.15) is 4.98 Å². The van der Waals surface area contributed by atoms with Crippen LogP contribution in [0.1, 0.15) is 50.9 Å². The highest BCUT2D eigenvalue weighted by atomic mass is 79.9. The summed E-state index contributed by atoms with van der Waals surface area (Å²) in [4.78, 5) is 11.8. The highest BCUT2D eigenvalue weighted by molar-refractivity contribution is 9.10. The molecule has 0 amide bonds. The van der Waals surface area contributed by atoms with Gasteiger partial charge in [-0.25, -0.2) is 4.98 Å². The zero-order chi connectivity index (χ0) is 18.7. The fourth-order valence-electron chi connectivity index (χ4n) is 3.16. The van der Waals surface area contributed by atoms with Crippen molar-refractivity contribution in [1.82, 2.24) is 15.3 Å². The number of hydrogen-bond donors (Lipinski definition) is 2. The third-order valence-corrected chi connectivity index (χ3v) is 5.24. The first-order chi connectivity index (χ1) is 12.4. The van der Waals surface area contributed by atoms with Gasteiger partial charge in [0.2, 0.25) is 5.95 Å². The van der Waals surface area contributed by atoms with Crippen LogP contribution in [0.3, 0.4) is 0 Å². The number of hydrogen-bond acceptors (Lipinski definition) is 5. The number of anilines is 2. The van der Waals surface area contributed by atoms with Gasteiger partial charge in [0.15, 0.2) is 0 Å². The van der Waals surface area contributed by atoms with Crippen molar-refractivity contribution in [2.75, 3.05) is 29.9 Å². The molecular weight excluding hydrogens is 390 g/mol. The van der Waals surface area contributed by atoms with Gasteiger partial charge in [-0.05, 0) is 31.4 Å². The van der Waals surface area contributed by atoms with E-state index in [1.807, 2.05) is 0 Å². The number of aromatic nitrogens is 2. The van der Waals surface area contributed by atoms with E-state index < -0.39 is 0 Å². The Kier molecular flexibility index (Phi) is 6.14. The summed E-state index contributed by atoms with van der Waals surface area (Å²) in [5.74, 6) is 2.09. The Morgan fingerprint density at radius 1 is 1.19 bits per heavy atom. The van der Waals surface area contributed by atoms with Gasteiger partial charge in [-0.3, -0.25) is 0 Å². The molecule has 2 heterocycles. The molecule has 5 nitrogen and oxygen atoms in total. The van der Waals surface area contributed by atoms with Crippen molar-refractivity contribution in [2.45, 2.75) is 45.7 Å². The van der Waals surface area contributed by atoms with Crippen molar-refractivity contribution in [1.29, 1.82) is 0 Å². The van der Waals surface area contributed by atoms with Crippen LogP contribution in [-0.4, -0.2) is 35.6 Å². The minimum atomic E-state index is 0.276. The number of rotatable bonds is 5. The molecule has 0 radical (unpaired) electrons. The van der Waals surface area contributed by atoms with Crippen molar-refractivity contribution in [3.05, 3.63) is 46.1 Å². The molecule has 140 valence electrons. The Balaban J connectivity index is 1.87. The van der Waals surface area contributed by atoms with E-state index in [1.165, 1.54) is 5.56 Å². The number of nitrogens with one attached hydrogen (secondary N) is 2. The third-order valence-electron chi connectivity index (χ3n) is 4.52. The smallest absolute Gasteiger partial charge is 0.225 e. The Labute approximate surface area is 164 Å². The highest BCUT2D eigenvalue weighted by Gasteiger charge is 2.24. The van der Waals surface area contributed by atoms with Gasteiger partial charge in [0.1, 0.15) is 5.82 Å². The molecule has 2 aromatic rings. The molecule has 1 aromatic heterocycles. The van der Waals surface area contributed by atoms with Crippen LogP contribution in [0.25, 0.3) is 0 Å². The summed E-state index contributed by atoms with van der Waals surface area (Å²) >= 11 is 3.68. The molecule has 1 atom stereocenters. The molecule has 1 aliphatic heterocycles. The van der Waals surface area contributed by atoms with Crippen LogP contribution in [0.4, 0.5) is 11.8 Å². The maximum Gasteiger partial charge on any atom is 0.225 e. The highest BCUT2D eigenvalue weighted by Crippen LogP contribution is 2.28. The normalized spacial score (nSPS) is 17.8. The van der Waals surface area contributed by atoms with E-state index in [1.54, 1.807) is 0 Å². The second-order valence-corrected chi connectivity index (χ2v) is 8.26. The number of piperazine rings is 1. The Hall–Kier alpha value is -1.66. The van der Waals surface area contributed by atoms with Crippen molar-refractivity contribution in [3.8, 4) is 0 Å². The predicted octanol–water partition coefficient (Wildman–Crippen LogP) is 4.33. The van der Waals surface area contributed by atoms with E-state index in [9.17, 15) is 0 Å². The lowest BCUT2D eigenvalue weighted by Gasteiger charge is -2.35. The van der Waals surface area contributed by atoms with Crippen molar-refractivity contribution < 1.29 is 0 Å². The van der Waals surface area contributed by atoms with Gasteiger partial charge >= 0.3 is 0 Å². The summed E-state index contributed by atoms with van der Waals surface area (Å²) in [7, 11) is 0. The maximum atomic E-state index is 4.79. The van der Waals surface area contributed by atoms with Gasteiger partial charge in [-0.1, -0.05) is 48.0 Å². The molecule has 6 heteroatoms. The Morgan fingerprint density at radius 2 is 1.96 bits per heavy atom. The number of nitrogens with zero attached hydrogens (tertiary/aromatic N) is 3. The van der Waals surface area contributed by atoms with Gasteiger partial charge < -0.3 is 15.5 Å². The van der Waals surface area contributed by atoms with Crippen molar-refractivity contribution in [3.63, 3.8) is 0 Å². The summed E-state index contributed by atoms with van der Waals surface area (Å²) in [5, 5.41) is 6.99. The SMILES string of the molecule is CC(C)Nc1nc(C(C)C)cc(N2CCN[C@H](c3ccccc3Br)C2)n1. The fraction of sp³-hybridized carbons (Fsp3) is 0.500. The molecule has 0 unspecified atom stereocenters. The van der Waals surface area contributed by atoms with Crippen molar-refractivity contribution in [2.24, 2.45) is 0 Å². The molecule has 0 saturated carbocycles. The molecule has 1 fully saturated rings.